The molecule has 0 amide bonds. The number of anilines is 3. The number of fused-ring (bicyclic) bond motifs is 16. The summed E-state index contributed by atoms with van der Waals surface area (Å²) < 4.78 is 7.29. The second-order valence-electron chi connectivity index (χ2n) is 26.4. The first-order valence-corrected chi connectivity index (χ1v) is 32.2. The first kappa shape index (κ1) is 52.5. The normalized spacial score (nSPS) is 13.6. The highest BCUT2D eigenvalue weighted by Gasteiger charge is 2.39. The third kappa shape index (κ3) is 7.52. The van der Waals surface area contributed by atoms with E-state index in [9.17, 15) is 0 Å². The molecule has 0 unspecified atom stereocenters. The van der Waals surface area contributed by atoms with Gasteiger partial charge in [0, 0.05) is 77.0 Å². The molecule has 2 aliphatic carbocycles. The lowest BCUT2D eigenvalue weighted by atomic mass is 9.81. The van der Waals surface area contributed by atoms with E-state index < -0.39 is 0 Å². The fraction of sp³-hybridized carbons (Fsp3) is 0.0682. The maximum atomic E-state index is 2.55. The van der Waals surface area contributed by atoms with Gasteiger partial charge in [-0.25, -0.2) is 0 Å². The fourth-order valence-corrected chi connectivity index (χ4v) is 16.4. The number of benzene rings is 14. The Morgan fingerprint density at radius 2 is 0.576 bits per heavy atom. The van der Waals surface area contributed by atoms with Crippen molar-refractivity contribution in [1.82, 2.24) is 13.7 Å². The monoisotopic (exact) mass is 1170 g/mol. The number of para-hydroxylation sites is 6. The van der Waals surface area contributed by atoms with Gasteiger partial charge >= 0.3 is 0 Å². The van der Waals surface area contributed by atoms with Crippen LogP contribution in [0.5, 0.6) is 0 Å². The highest BCUT2D eigenvalue weighted by Crippen LogP contribution is 2.55. The van der Waals surface area contributed by atoms with E-state index in [1.165, 1.54) is 149 Å². The van der Waals surface area contributed by atoms with Gasteiger partial charge in [-0.1, -0.05) is 222 Å². The van der Waals surface area contributed by atoms with Gasteiger partial charge < -0.3 is 18.6 Å². The Labute approximate surface area is 534 Å². The quantitative estimate of drug-likeness (QED) is 0.148. The van der Waals surface area contributed by atoms with Crippen LogP contribution >= 0.6 is 0 Å². The summed E-state index contributed by atoms with van der Waals surface area (Å²) in [5.74, 6) is 0. The standard InChI is InChI=1S/C88H62N4/c1-87(2)76-49-55(56-36-42-74-72-29-15-17-31-80(72)90(85(74)50-56)58-21-7-5-8-22-58)35-41-65(76)66-44-38-60(52-77(66)87)89(61-39-45-67-68-46-40-62(54-79(68)88(3,4)78(67)53-61)92-82-33-19-13-27-70(82)71-28-14-20-34-83(71)92)84-48-47-63(64-25-11-12-26-69(64)84)57-37-43-75-73-30-16-18-32-81(73)91(86(75)51-57)59-23-9-6-10-24-59/h5-54H,1-4H3. The largest absolute Gasteiger partial charge is 0.310 e. The van der Waals surface area contributed by atoms with Crippen LogP contribution in [0.4, 0.5) is 17.1 Å². The summed E-state index contributed by atoms with van der Waals surface area (Å²) in [6.07, 6.45) is 0. The van der Waals surface area contributed by atoms with Crippen LogP contribution in [0.15, 0.2) is 303 Å². The average molecular weight is 1180 g/mol. The van der Waals surface area contributed by atoms with Crippen molar-refractivity contribution in [2.75, 3.05) is 4.90 Å². The van der Waals surface area contributed by atoms with Crippen LogP contribution < -0.4 is 4.90 Å². The highest BCUT2D eigenvalue weighted by atomic mass is 15.1. The minimum atomic E-state index is -0.312. The van der Waals surface area contributed by atoms with Crippen molar-refractivity contribution >= 4 is 93.3 Å². The van der Waals surface area contributed by atoms with Crippen LogP contribution in [0.25, 0.3) is 138 Å². The van der Waals surface area contributed by atoms with Gasteiger partial charge in [-0.2, -0.15) is 0 Å². The zero-order valence-electron chi connectivity index (χ0n) is 51.7. The smallest absolute Gasteiger partial charge is 0.0547 e. The molecule has 0 spiro atoms. The highest BCUT2D eigenvalue weighted by molar-refractivity contribution is 6.14. The van der Waals surface area contributed by atoms with Crippen LogP contribution in [0.1, 0.15) is 49.9 Å². The van der Waals surface area contributed by atoms with Crippen LogP contribution in [0, 0.1) is 0 Å². The third-order valence-electron chi connectivity index (χ3n) is 20.8. The van der Waals surface area contributed by atoms with E-state index in [2.05, 4.69) is 350 Å². The van der Waals surface area contributed by atoms with Gasteiger partial charge in [-0.3, -0.25) is 0 Å². The van der Waals surface area contributed by atoms with Crippen molar-refractivity contribution in [2.24, 2.45) is 0 Å². The molecule has 0 bridgehead atoms. The molecule has 4 nitrogen and oxygen atoms in total. The van der Waals surface area contributed by atoms with Gasteiger partial charge in [0.1, 0.15) is 0 Å². The molecule has 14 aromatic carbocycles. The predicted molar refractivity (Wildman–Crippen MR) is 388 cm³/mol. The van der Waals surface area contributed by atoms with Crippen LogP contribution in [0.3, 0.4) is 0 Å². The molecular weight excluding hydrogens is 1110 g/mol. The van der Waals surface area contributed by atoms with Crippen molar-refractivity contribution in [2.45, 2.75) is 38.5 Å². The molecule has 0 saturated carbocycles. The molecule has 3 aromatic heterocycles. The summed E-state index contributed by atoms with van der Waals surface area (Å²) in [6, 6.07) is 114. The van der Waals surface area contributed by atoms with Crippen LogP contribution in [0.2, 0.25) is 0 Å². The molecular formula is C88H62N4. The first-order chi connectivity index (χ1) is 45.2. The number of aromatic nitrogens is 3. The van der Waals surface area contributed by atoms with Gasteiger partial charge in [0.05, 0.1) is 38.8 Å². The Hall–Kier alpha value is -11.5. The molecule has 4 heteroatoms. The van der Waals surface area contributed by atoms with Gasteiger partial charge in [-0.05, 0) is 181 Å². The molecule has 0 atom stereocenters. The number of hydrogen-bond acceptors (Lipinski definition) is 1. The van der Waals surface area contributed by atoms with Gasteiger partial charge in [-0.15, -0.1) is 0 Å². The Kier molecular flexibility index (Phi) is 11.1. The van der Waals surface area contributed by atoms with E-state index in [0.717, 1.165) is 28.4 Å². The second-order valence-corrected chi connectivity index (χ2v) is 26.4. The molecule has 0 N–H and O–H groups in total. The molecule has 17 aromatic rings. The molecule has 0 fully saturated rings. The zero-order chi connectivity index (χ0) is 61.1. The fourth-order valence-electron chi connectivity index (χ4n) is 16.4. The van der Waals surface area contributed by atoms with Crippen LogP contribution in [-0.2, 0) is 10.8 Å². The maximum absolute atomic E-state index is 2.55. The number of hydrogen-bond donors (Lipinski definition) is 0. The lowest BCUT2D eigenvalue weighted by Gasteiger charge is -2.31. The molecule has 2 aliphatic rings. The van der Waals surface area contributed by atoms with Crippen molar-refractivity contribution in [3.05, 3.63) is 326 Å². The van der Waals surface area contributed by atoms with E-state index in [-0.39, 0.29) is 10.8 Å². The molecule has 434 valence electrons. The second kappa shape index (κ2) is 19.5. The molecule has 0 radical (unpaired) electrons. The van der Waals surface area contributed by atoms with E-state index in [4.69, 9.17) is 0 Å². The van der Waals surface area contributed by atoms with Gasteiger partial charge in [0.25, 0.3) is 0 Å². The Morgan fingerprint density at radius 3 is 1.09 bits per heavy atom. The average Bonchev–Trinajstić information content (AvgIpc) is 1.55. The number of nitrogens with zero attached hydrogens (tertiary/aromatic N) is 4. The Morgan fingerprint density at radius 1 is 0.228 bits per heavy atom. The van der Waals surface area contributed by atoms with E-state index >= 15 is 0 Å². The summed E-state index contributed by atoms with van der Waals surface area (Å²) in [4.78, 5) is 2.55. The Balaban J connectivity index is 0.763. The summed E-state index contributed by atoms with van der Waals surface area (Å²) in [5, 5.41) is 9.93. The topological polar surface area (TPSA) is 18.0 Å². The summed E-state index contributed by atoms with van der Waals surface area (Å²) in [7, 11) is 0. The van der Waals surface area contributed by atoms with E-state index in [0.29, 0.717) is 0 Å². The van der Waals surface area contributed by atoms with Crippen molar-refractivity contribution in [1.29, 1.82) is 0 Å². The molecule has 92 heavy (non-hydrogen) atoms. The Bertz CT molecular complexity index is 5900. The minimum absolute atomic E-state index is 0.310. The predicted octanol–water partition coefficient (Wildman–Crippen LogP) is 23.5. The van der Waals surface area contributed by atoms with E-state index in [1.54, 1.807) is 0 Å². The van der Waals surface area contributed by atoms with Crippen LogP contribution in [-0.4, -0.2) is 13.7 Å². The molecule has 3 heterocycles. The first-order valence-electron chi connectivity index (χ1n) is 32.2. The number of rotatable bonds is 8. The maximum Gasteiger partial charge on any atom is 0.0547 e. The van der Waals surface area contributed by atoms with Gasteiger partial charge in [0.2, 0.25) is 0 Å². The van der Waals surface area contributed by atoms with E-state index in [1.807, 2.05) is 0 Å². The summed E-state index contributed by atoms with van der Waals surface area (Å²) in [5.41, 5.74) is 28.8. The summed E-state index contributed by atoms with van der Waals surface area (Å²) >= 11 is 0. The van der Waals surface area contributed by atoms with Gasteiger partial charge in [0.15, 0.2) is 0 Å². The summed E-state index contributed by atoms with van der Waals surface area (Å²) in [6.45, 7) is 9.69. The third-order valence-corrected chi connectivity index (χ3v) is 20.8. The molecule has 0 aliphatic heterocycles. The van der Waals surface area contributed by atoms with Crippen molar-refractivity contribution in [3.8, 4) is 61.6 Å². The van der Waals surface area contributed by atoms with Crippen molar-refractivity contribution in [3.63, 3.8) is 0 Å². The lowest BCUT2D eigenvalue weighted by molar-refractivity contribution is 0.659. The lowest BCUT2D eigenvalue weighted by Crippen LogP contribution is -2.18. The molecule has 19 rings (SSSR count). The minimum Gasteiger partial charge on any atom is -0.310 e. The SMILES string of the molecule is CC1(C)c2cc(-c3ccc4c5ccccc5n(-c5ccccc5)c4c3)ccc2-c2ccc(N(c3ccc4c(c3)C(C)(C)c3cc(-n5c6ccccc6c6ccccc65)ccc3-4)c3ccc(-c4ccc5c6ccccc6n(-c6ccccc6)c5c4)c4ccccc34)cc21. The molecule has 0 saturated heterocycles. The zero-order valence-corrected chi connectivity index (χ0v) is 51.7. The van der Waals surface area contributed by atoms with Crippen molar-refractivity contribution < 1.29 is 0 Å².